The number of allylic oxidation sites excluding steroid dienone is 5. The van der Waals surface area contributed by atoms with Gasteiger partial charge < -0.3 is 10.2 Å². The van der Waals surface area contributed by atoms with Crippen LogP contribution in [0.3, 0.4) is 0 Å². The van der Waals surface area contributed by atoms with Crippen LogP contribution in [0, 0.1) is 11.3 Å². The SMILES string of the molecule is C=CCCC1(O)C(CC=C)=C(CC=C)C(CC=C)C(O)(CC=C)C1(C)CC=C. The summed E-state index contributed by atoms with van der Waals surface area (Å²) >= 11 is 0. The first-order chi connectivity index (χ1) is 13.3. The highest BCUT2D eigenvalue weighted by Gasteiger charge is 2.65. The Bertz CT molecular complexity index is 655. The molecule has 4 atom stereocenters. The normalized spacial score (nSPS) is 32.5. The smallest absolute Gasteiger partial charge is 0.0949 e. The van der Waals surface area contributed by atoms with Gasteiger partial charge in [0.15, 0.2) is 0 Å². The van der Waals surface area contributed by atoms with E-state index in [-0.39, 0.29) is 5.92 Å². The van der Waals surface area contributed by atoms with E-state index in [1.807, 2.05) is 31.2 Å². The highest BCUT2D eigenvalue weighted by atomic mass is 16.3. The van der Waals surface area contributed by atoms with Crippen molar-refractivity contribution in [2.45, 2.75) is 63.1 Å². The third-order valence-corrected chi connectivity index (χ3v) is 6.59. The molecule has 2 N–H and O–H groups in total. The van der Waals surface area contributed by atoms with Gasteiger partial charge >= 0.3 is 0 Å². The maximum atomic E-state index is 12.2. The fourth-order valence-corrected chi connectivity index (χ4v) is 5.17. The first-order valence-electron chi connectivity index (χ1n) is 10.1. The molecule has 1 aliphatic carbocycles. The van der Waals surface area contributed by atoms with E-state index >= 15 is 0 Å². The van der Waals surface area contributed by atoms with Gasteiger partial charge in [-0.2, -0.15) is 0 Å². The summed E-state index contributed by atoms with van der Waals surface area (Å²) in [4.78, 5) is 0. The summed E-state index contributed by atoms with van der Waals surface area (Å²) in [7, 11) is 0. The zero-order valence-electron chi connectivity index (χ0n) is 17.6. The van der Waals surface area contributed by atoms with Crippen LogP contribution in [0.2, 0.25) is 0 Å². The molecule has 0 saturated carbocycles. The third kappa shape index (κ3) is 3.81. The fourth-order valence-electron chi connectivity index (χ4n) is 5.17. The van der Waals surface area contributed by atoms with Crippen LogP contribution in [0.25, 0.3) is 0 Å². The second-order valence-electron chi connectivity index (χ2n) is 8.00. The Morgan fingerprint density at radius 3 is 1.89 bits per heavy atom. The summed E-state index contributed by atoms with van der Waals surface area (Å²) in [6.45, 7) is 25.4. The molecule has 0 spiro atoms. The summed E-state index contributed by atoms with van der Waals surface area (Å²) in [5, 5.41) is 24.4. The Hall–Kier alpha value is -1.90. The molecule has 0 fully saturated rings. The van der Waals surface area contributed by atoms with Crippen molar-refractivity contribution in [3.63, 3.8) is 0 Å². The van der Waals surface area contributed by atoms with Crippen LogP contribution in [0.5, 0.6) is 0 Å². The molecule has 2 nitrogen and oxygen atoms in total. The van der Waals surface area contributed by atoms with Crippen molar-refractivity contribution < 1.29 is 10.2 Å². The Labute approximate surface area is 172 Å². The zero-order valence-corrected chi connectivity index (χ0v) is 17.6. The van der Waals surface area contributed by atoms with E-state index in [2.05, 4.69) is 39.5 Å². The van der Waals surface area contributed by atoms with Gasteiger partial charge in [-0.15, -0.1) is 39.5 Å². The molecule has 0 heterocycles. The third-order valence-electron chi connectivity index (χ3n) is 6.59. The van der Waals surface area contributed by atoms with Gasteiger partial charge in [-0.3, -0.25) is 0 Å². The lowest BCUT2D eigenvalue weighted by atomic mass is 9.46. The predicted molar refractivity (Wildman–Crippen MR) is 122 cm³/mol. The van der Waals surface area contributed by atoms with E-state index in [1.54, 1.807) is 12.2 Å². The average Bonchev–Trinajstić information content (AvgIpc) is 2.66. The molecule has 1 rings (SSSR count). The Balaban J connectivity index is 4.02. The lowest BCUT2D eigenvalue weighted by Gasteiger charge is -2.62. The van der Waals surface area contributed by atoms with Crippen LogP contribution in [0.1, 0.15) is 51.9 Å². The van der Waals surface area contributed by atoms with Gasteiger partial charge in [0.25, 0.3) is 0 Å². The number of rotatable bonds is 13. The van der Waals surface area contributed by atoms with Gasteiger partial charge in [0.1, 0.15) is 0 Å². The molecule has 0 radical (unpaired) electrons. The summed E-state index contributed by atoms with van der Waals surface area (Å²) in [5.74, 6) is -0.190. The van der Waals surface area contributed by atoms with Crippen molar-refractivity contribution >= 4 is 0 Å². The number of hydrogen-bond acceptors (Lipinski definition) is 2. The minimum atomic E-state index is -1.22. The van der Waals surface area contributed by atoms with Gasteiger partial charge in [0, 0.05) is 11.3 Å². The molecule has 0 amide bonds. The summed E-state index contributed by atoms with van der Waals surface area (Å²) < 4.78 is 0. The second kappa shape index (κ2) is 10.0. The zero-order chi connectivity index (χ0) is 21.4. The molecule has 0 saturated heterocycles. The largest absolute Gasteiger partial charge is 0.388 e. The van der Waals surface area contributed by atoms with Crippen LogP contribution < -0.4 is 0 Å². The van der Waals surface area contributed by atoms with Crippen molar-refractivity contribution in [2.75, 3.05) is 0 Å². The van der Waals surface area contributed by atoms with E-state index < -0.39 is 16.6 Å². The first kappa shape index (κ1) is 24.1. The maximum Gasteiger partial charge on any atom is 0.0949 e. The number of hydrogen-bond donors (Lipinski definition) is 2. The van der Waals surface area contributed by atoms with Crippen LogP contribution in [0.15, 0.2) is 87.1 Å². The van der Waals surface area contributed by atoms with Crippen LogP contribution in [-0.2, 0) is 0 Å². The lowest BCUT2D eigenvalue weighted by molar-refractivity contribution is -0.204. The van der Waals surface area contributed by atoms with Gasteiger partial charge in [0.05, 0.1) is 11.2 Å². The molecule has 0 aromatic carbocycles. The van der Waals surface area contributed by atoms with E-state index in [0.29, 0.717) is 44.9 Å². The summed E-state index contributed by atoms with van der Waals surface area (Å²) in [6.07, 6.45) is 14.6. The summed E-state index contributed by atoms with van der Waals surface area (Å²) in [6, 6.07) is 0. The van der Waals surface area contributed by atoms with E-state index in [9.17, 15) is 10.2 Å². The van der Waals surface area contributed by atoms with E-state index in [0.717, 1.165) is 11.1 Å². The fraction of sp³-hybridized carbons (Fsp3) is 0.462. The molecule has 0 aliphatic heterocycles. The van der Waals surface area contributed by atoms with Crippen molar-refractivity contribution in [1.82, 2.24) is 0 Å². The lowest BCUT2D eigenvalue weighted by Crippen LogP contribution is -2.67. The van der Waals surface area contributed by atoms with Crippen molar-refractivity contribution in [2.24, 2.45) is 11.3 Å². The molecule has 0 bridgehead atoms. The highest BCUT2D eigenvalue weighted by molar-refractivity contribution is 5.41. The van der Waals surface area contributed by atoms with Crippen LogP contribution >= 0.6 is 0 Å². The van der Waals surface area contributed by atoms with E-state index in [4.69, 9.17) is 0 Å². The molecule has 0 aromatic rings. The van der Waals surface area contributed by atoms with Crippen LogP contribution in [-0.4, -0.2) is 21.4 Å². The van der Waals surface area contributed by atoms with Gasteiger partial charge in [-0.1, -0.05) is 49.0 Å². The maximum absolute atomic E-state index is 12.2. The van der Waals surface area contributed by atoms with Gasteiger partial charge in [0.2, 0.25) is 0 Å². The minimum Gasteiger partial charge on any atom is -0.388 e. The quantitative estimate of drug-likeness (QED) is 0.371. The molecule has 0 aromatic heterocycles. The molecule has 154 valence electrons. The van der Waals surface area contributed by atoms with Gasteiger partial charge in [-0.25, -0.2) is 0 Å². The predicted octanol–water partition coefficient (Wildman–Crippen LogP) is 6.23. The highest BCUT2D eigenvalue weighted by Crippen LogP contribution is 2.62. The Kier molecular flexibility index (Phi) is 8.66. The van der Waals surface area contributed by atoms with Crippen molar-refractivity contribution in [3.05, 3.63) is 87.1 Å². The first-order valence-corrected chi connectivity index (χ1v) is 10.1. The molecule has 4 unspecified atom stereocenters. The second-order valence-corrected chi connectivity index (χ2v) is 8.00. The standard InChI is InChI=1S/C26H38O2/c1-8-14-20-26(28)23(17-11-4)21(15-9-2)22(16-10-3)25(27,19-13-6)24(26,7)18-12-5/h8-13,22,27-28H,1-6,14-20H2,7H3. The molecular formula is C26H38O2. The minimum absolute atomic E-state index is 0.190. The Morgan fingerprint density at radius 1 is 0.821 bits per heavy atom. The molecule has 2 heteroatoms. The molecular weight excluding hydrogens is 344 g/mol. The summed E-state index contributed by atoms with van der Waals surface area (Å²) in [5.41, 5.74) is -1.30. The van der Waals surface area contributed by atoms with Crippen molar-refractivity contribution in [1.29, 1.82) is 0 Å². The molecule has 28 heavy (non-hydrogen) atoms. The van der Waals surface area contributed by atoms with E-state index in [1.165, 1.54) is 0 Å². The topological polar surface area (TPSA) is 40.5 Å². The van der Waals surface area contributed by atoms with Crippen LogP contribution in [0.4, 0.5) is 0 Å². The Morgan fingerprint density at radius 2 is 1.43 bits per heavy atom. The average molecular weight is 383 g/mol. The van der Waals surface area contributed by atoms with Crippen molar-refractivity contribution in [3.8, 4) is 0 Å². The molecule has 1 aliphatic rings. The monoisotopic (exact) mass is 382 g/mol. The van der Waals surface area contributed by atoms with Gasteiger partial charge in [-0.05, 0) is 50.5 Å². The number of aliphatic hydroxyl groups is 2.